The second-order valence-electron chi connectivity index (χ2n) is 6.53. The molecule has 3 aromatic rings. The molecular weight excluding hydrogens is 422 g/mol. The molecule has 0 unspecified atom stereocenters. The first kappa shape index (κ1) is 22.4. The number of nitrogens with zero attached hydrogens (tertiary/aromatic N) is 3. The highest BCUT2D eigenvalue weighted by Gasteiger charge is 2.08. The summed E-state index contributed by atoms with van der Waals surface area (Å²) in [6.45, 7) is 0.917. The smallest absolute Gasteiger partial charge is 0.387 e. The van der Waals surface area contributed by atoms with Gasteiger partial charge in [-0.25, -0.2) is 15.4 Å². The number of alkyl halides is 2. The zero-order valence-corrected chi connectivity index (χ0v) is 17.7. The van der Waals surface area contributed by atoms with Crippen LogP contribution in [0.15, 0.2) is 64.9 Å². The van der Waals surface area contributed by atoms with Crippen LogP contribution in [0.5, 0.6) is 5.75 Å². The average Bonchev–Trinajstić information content (AvgIpc) is 2.73. The average molecular weight is 442 g/mol. The Balaban J connectivity index is 1.56. The van der Waals surface area contributed by atoms with E-state index < -0.39 is 12.5 Å². The van der Waals surface area contributed by atoms with E-state index >= 15 is 0 Å². The van der Waals surface area contributed by atoms with E-state index in [1.165, 1.54) is 24.0 Å². The van der Waals surface area contributed by atoms with Crippen molar-refractivity contribution in [3.63, 3.8) is 0 Å². The minimum Gasteiger partial charge on any atom is -0.434 e. The number of benzene rings is 2. The minimum atomic E-state index is -2.94. The number of hydrogen-bond acceptors (Lipinski definition) is 6. The summed E-state index contributed by atoms with van der Waals surface area (Å²) in [5.74, 6) is 0.231. The molecule has 0 bridgehead atoms. The number of aryl methyl sites for hydroxylation is 2. The van der Waals surface area contributed by atoms with Gasteiger partial charge >= 0.3 is 6.61 Å². The first-order valence-corrected chi connectivity index (χ1v) is 10.3. The molecule has 0 atom stereocenters. The van der Waals surface area contributed by atoms with Crippen molar-refractivity contribution in [2.75, 3.05) is 0 Å². The van der Waals surface area contributed by atoms with Gasteiger partial charge < -0.3 is 4.74 Å². The lowest BCUT2D eigenvalue weighted by Gasteiger charge is -2.07. The third-order valence-corrected chi connectivity index (χ3v) is 4.97. The number of thioether (sulfide) groups is 1. The minimum absolute atomic E-state index is 0.0230. The highest BCUT2D eigenvalue weighted by Crippen LogP contribution is 2.20. The van der Waals surface area contributed by atoms with Crippen molar-refractivity contribution < 1.29 is 18.3 Å². The number of rotatable bonds is 8. The predicted molar refractivity (Wildman–Crippen MR) is 116 cm³/mol. The summed E-state index contributed by atoms with van der Waals surface area (Å²) in [6.07, 6.45) is 1.25. The largest absolute Gasteiger partial charge is 0.434 e. The number of carbonyl (C=O) groups is 1. The molecule has 1 heterocycles. The molecule has 3 rings (SSSR count). The number of para-hydroxylation sites is 1. The Labute approximate surface area is 182 Å². The van der Waals surface area contributed by atoms with Crippen LogP contribution in [0.4, 0.5) is 8.78 Å². The lowest BCUT2D eigenvalue weighted by molar-refractivity contribution is -0.0499. The van der Waals surface area contributed by atoms with Gasteiger partial charge in [-0.05, 0) is 49.7 Å². The maximum absolute atomic E-state index is 12.4. The van der Waals surface area contributed by atoms with Gasteiger partial charge in [0.25, 0.3) is 5.91 Å². The van der Waals surface area contributed by atoms with Crippen molar-refractivity contribution in [3.8, 4) is 5.75 Å². The van der Waals surface area contributed by atoms with E-state index in [4.69, 9.17) is 0 Å². The Hall–Kier alpha value is -3.33. The summed E-state index contributed by atoms with van der Waals surface area (Å²) in [4.78, 5) is 21.1. The number of amides is 1. The third-order valence-electron chi connectivity index (χ3n) is 4.05. The highest BCUT2D eigenvalue weighted by molar-refractivity contribution is 7.98. The first-order chi connectivity index (χ1) is 14.9. The van der Waals surface area contributed by atoms with Gasteiger partial charge in [0.05, 0.1) is 6.21 Å². The number of halogens is 2. The molecule has 9 heteroatoms. The van der Waals surface area contributed by atoms with Crippen molar-refractivity contribution in [1.82, 2.24) is 15.4 Å². The second kappa shape index (κ2) is 10.6. The van der Waals surface area contributed by atoms with Crippen LogP contribution < -0.4 is 10.2 Å². The lowest BCUT2D eigenvalue weighted by atomic mass is 10.1. The Morgan fingerprint density at radius 3 is 2.48 bits per heavy atom. The molecule has 160 valence electrons. The molecule has 31 heavy (non-hydrogen) atoms. The van der Waals surface area contributed by atoms with Gasteiger partial charge in [-0.2, -0.15) is 13.9 Å². The fraction of sp³-hybridized carbons (Fsp3) is 0.182. The monoisotopic (exact) mass is 442 g/mol. The van der Waals surface area contributed by atoms with E-state index in [1.54, 1.807) is 30.3 Å². The zero-order valence-electron chi connectivity index (χ0n) is 16.9. The zero-order chi connectivity index (χ0) is 22.2. The fourth-order valence-electron chi connectivity index (χ4n) is 2.67. The van der Waals surface area contributed by atoms with Gasteiger partial charge in [0.1, 0.15) is 5.75 Å². The Morgan fingerprint density at radius 1 is 1.13 bits per heavy atom. The Bertz CT molecular complexity index is 1060. The van der Waals surface area contributed by atoms with Crippen molar-refractivity contribution in [2.45, 2.75) is 31.4 Å². The van der Waals surface area contributed by atoms with Crippen molar-refractivity contribution >= 4 is 23.9 Å². The molecule has 1 aromatic heterocycles. The Morgan fingerprint density at radius 2 is 1.81 bits per heavy atom. The van der Waals surface area contributed by atoms with Crippen LogP contribution in [-0.4, -0.2) is 28.7 Å². The van der Waals surface area contributed by atoms with Crippen molar-refractivity contribution in [1.29, 1.82) is 0 Å². The molecule has 0 saturated carbocycles. The number of hydrazone groups is 1. The van der Waals surface area contributed by atoms with Crippen LogP contribution in [-0.2, 0) is 5.75 Å². The molecule has 0 aliphatic rings. The Kier molecular flexibility index (Phi) is 7.66. The summed E-state index contributed by atoms with van der Waals surface area (Å²) in [7, 11) is 0. The number of carbonyl (C=O) groups excluding carboxylic acids is 1. The van der Waals surface area contributed by atoms with E-state index in [-0.39, 0.29) is 5.75 Å². The summed E-state index contributed by atoms with van der Waals surface area (Å²) in [5, 5.41) is 4.54. The molecule has 0 fully saturated rings. The number of hydrogen-bond donors (Lipinski definition) is 1. The van der Waals surface area contributed by atoms with Crippen molar-refractivity contribution in [2.24, 2.45) is 5.10 Å². The van der Waals surface area contributed by atoms with E-state index in [0.29, 0.717) is 22.0 Å². The van der Waals surface area contributed by atoms with Crippen molar-refractivity contribution in [3.05, 3.63) is 82.7 Å². The molecule has 6 nitrogen and oxygen atoms in total. The molecule has 0 aliphatic carbocycles. The number of aromatic nitrogens is 2. The van der Waals surface area contributed by atoms with Crippen LogP contribution >= 0.6 is 11.8 Å². The van der Waals surface area contributed by atoms with E-state index in [2.05, 4.69) is 25.2 Å². The standard InChI is InChI=1S/C22H20F2N4O2S/c1-14-11-15(2)27-22(26-14)31-13-16-7-9-17(10-8-16)20(29)28-25-12-18-5-3-4-6-19(18)30-21(23)24/h3-12,21H,13H2,1-2H3,(H,28,29)/b25-12+. The summed E-state index contributed by atoms with van der Waals surface area (Å²) < 4.78 is 29.3. The van der Waals surface area contributed by atoms with Gasteiger partial charge in [0, 0.05) is 28.3 Å². The normalized spacial score (nSPS) is 11.1. The summed E-state index contributed by atoms with van der Waals surface area (Å²) in [6, 6.07) is 15.2. The number of ether oxygens (including phenoxy) is 1. The van der Waals surface area contributed by atoms with E-state index in [9.17, 15) is 13.6 Å². The molecule has 0 spiro atoms. The fourth-order valence-corrected chi connectivity index (χ4v) is 3.58. The highest BCUT2D eigenvalue weighted by atomic mass is 32.2. The summed E-state index contributed by atoms with van der Waals surface area (Å²) >= 11 is 1.52. The van der Waals surface area contributed by atoms with E-state index in [0.717, 1.165) is 17.0 Å². The van der Waals surface area contributed by atoms with Gasteiger partial charge in [0.2, 0.25) is 0 Å². The molecule has 0 saturated heterocycles. The number of nitrogens with one attached hydrogen (secondary N) is 1. The molecule has 2 aromatic carbocycles. The van der Waals surface area contributed by atoms with Crippen LogP contribution in [0.25, 0.3) is 0 Å². The first-order valence-electron chi connectivity index (χ1n) is 9.32. The van der Waals surface area contributed by atoms with Crippen LogP contribution in [0, 0.1) is 13.8 Å². The van der Waals surface area contributed by atoms with E-state index in [1.807, 2.05) is 32.0 Å². The van der Waals surface area contributed by atoms with Gasteiger partial charge in [0.15, 0.2) is 5.16 Å². The maximum atomic E-state index is 12.4. The second-order valence-corrected chi connectivity index (χ2v) is 7.48. The molecule has 0 aliphatic heterocycles. The lowest BCUT2D eigenvalue weighted by Crippen LogP contribution is -2.17. The SMILES string of the molecule is Cc1cc(C)nc(SCc2ccc(C(=O)N/N=C/c3ccccc3OC(F)F)cc2)n1. The van der Waals surface area contributed by atoms with Gasteiger partial charge in [-0.1, -0.05) is 36.0 Å². The van der Waals surface area contributed by atoms with Crippen LogP contribution in [0.1, 0.15) is 32.9 Å². The van der Waals surface area contributed by atoms with Crippen LogP contribution in [0.3, 0.4) is 0 Å². The molecule has 1 amide bonds. The molecule has 1 N–H and O–H groups in total. The predicted octanol–water partition coefficient (Wildman–Crippen LogP) is 4.75. The topological polar surface area (TPSA) is 76.5 Å². The van der Waals surface area contributed by atoms with Gasteiger partial charge in [-0.3, -0.25) is 4.79 Å². The molecular formula is C22H20F2N4O2S. The maximum Gasteiger partial charge on any atom is 0.387 e. The quantitative estimate of drug-likeness (QED) is 0.236. The molecule has 0 radical (unpaired) electrons. The summed E-state index contributed by atoms with van der Waals surface area (Å²) in [5.41, 5.74) is 5.99. The third kappa shape index (κ3) is 6.85. The van der Waals surface area contributed by atoms with Gasteiger partial charge in [-0.15, -0.1) is 0 Å². The van der Waals surface area contributed by atoms with Crippen LogP contribution in [0.2, 0.25) is 0 Å².